The molecule has 2 aliphatic carbocycles. The summed E-state index contributed by atoms with van der Waals surface area (Å²) in [4.78, 5) is 29.8. The number of rotatable bonds is 9. The van der Waals surface area contributed by atoms with E-state index in [4.69, 9.17) is 21.1 Å². The fourth-order valence-electron chi connectivity index (χ4n) is 5.82. The van der Waals surface area contributed by atoms with Crippen LogP contribution in [0, 0.1) is 0 Å². The van der Waals surface area contributed by atoms with E-state index in [1.807, 2.05) is 60.7 Å². The van der Waals surface area contributed by atoms with Gasteiger partial charge in [-0.15, -0.1) is 0 Å². The fourth-order valence-corrected chi connectivity index (χ4v) is 5.94. The van der Waals surface area contributed by atoms with Crippen LogP contribution in [-0.2, 0) is 11.2 Å². The molecule has 8 heteroatoms. The van der Waals surface area contributed by atoms with Crippen LogP contribution in [0.1, 0.15) is 82.6 Å². The second kappa shape index (κ2) is 12.4. The number of carbonyl (C=O) groups excluding carboxylic acids is 2. The third kappa shape index (κ3) is 6.39. The zero-order valence-corrected chi connectivity index (χ0v) is 26.7. The average Bonchev–Trinajstić information content (AvgIpc) is 3.92. The fraction of sp³-hybridized carbons (Fsp3) is 0.286. The molecule has 0 radical (unpaired) electrons. The van der Waals surface area contributed by atoms with E-state index in [1.54, 1.807) is 12.1 Å². The number of hydrogen-bond acceptors (Lipinski definition) is 6. The summed E-state index contributed by atoms with van der Waals surface area (Å²) in [6, 6.07) is 22.3. The van der Waals surface area contributed by atoms with Crippen LogP contribution in [0.4, 0.5) is 0 Å². The zero-order chi connectivity index (χ0) is 28.8. The number of benzene rings is 3. The van der Waals surface area contributed by atoms with Crippen molar-refractivity contribution in [1.29, 1.82) is 0 Å². The molecule has 2 heterocycles. The summed E-state index contributed by atoms with van der Waals surface area (Å²) in [6.45, 7) is 0.349. The van der Waals surface area contributed by atoms with E-state index < -0.39 is 11.9 Å². The van der Waals surface area contributed by atoms with Crippen molar-refractivity contribution in [2.75, 3.05) is 6.61 Å². The van der Waals surface area contributed by atoms with Crippen molar-refractivity contribution in [2.24, 2.45) is 0 Å². The normalized spacial score (nSPS) is 17.3. The Balaban J connectivity index is 0.00000329. The van der Waals surface area contributed by atoms with Gasteiger partial charge in [-0.1, -0.05) is 29.8 Å². The smallest absolute Gasteiger partial charge is 0.549 e. The van der Waals surface area contributed by atoms with Gasteiger partial charge in [0.25, 0.3) is 0 Å². The van der Waals surface area contributed by atoms with Crippen LogP contribution < -0.4 is 44.1 Å². The van der Waals surface area contributed by atoms with Crippen molar-refractivity contribution < 1.29 is 53.7 Å². The van der Waals surface area contributed by atoms with Crippen LogP contribution >= 0.6 is 11.6 Å². The largest absolute Gasteiger partial charge is 1.00 e. The summed E-state index contributed by atoms with van der Waals surface area (Å²) < 4.78 is 12.6. The summed E-state index contributed by atoms with van der Waals surface area (Å²) in [7, 11) is 0. The predicted molar refractivity (Wildman–Crippen MR) is 157 cm³/mol. The van der Waals surface area contributed by atoms with Crippen LogP contribution in [-0.4, -0.2) is 23.3 Å². The van der Waals surface area contributed by atoms with Gasteiger partial charge in [-0.25, -0.2) is 0 Å². The molecular weight excluding hydrogens is 573 g/mol. The quantitative estimate of drug-likeness (QED) is 0.213. The van der Waals surface area contributed by atoms with Crippen molar-refractivity contribution in [1.82, 2.24) is 4.98 Å². The Morgan fingerprint density at radius 3 is 2.30 bits per heavy atom. The molecule has 1 unspecified atom stereocenters. The minimum absolute atomic E-state index is 0. The second-order valence-corrected chi connectivity index (χ2v) is 11.9. The SMILES string of the molecule is O=C(Cc1cccc(-c2ccc(Cl)cc2)n1)c1ccc(Oc2c(C3CC3)cc3c(c2C2CC2)OCCC3C(=O)[O-])cc1.[Na+]. The van der Waals surface area contributed by atoms with Crippen LogP contribution in [0.2, 0.25) is 5.02 Å². The van der Waals surface area contributed by atoms with Crippen molar-refractivity contribution in [3.63, 3.8) is 0 Å². The molecule has 6 nitrogen and oxygen atoms in total. The Hall–Kier alpha value is -3.16. The van der Waals surface area contributed by atoms with E-state index in [2.05, 4.69) is 4.98 Å². The van der Waals surface area contributed by atoms with Gasteiger partial charge in [0.1, 0.15) is 17.2 Å². The molecule has 0 N–H and O–H groups in total. The molecule has 3 aromatic carbocycles. The van der Waals surface area contributed by atoms with Gasteiger partial charge in [0.2, 0.25) is 0 Å². The molecule has 7 rings (SSSR count). The monoisotopic (exact) mass is 601 g/mol. The number of halogens is 1. The molecule has 3 aliphatic rings. The van der Waals surface area contributed by atoms with Crippen molar-refractivity contribution in [2.45, 2.75) is 56.3 Å². The first-order valence-electron chi connectivity index (χ1n) is 14.5. The molecule has 0 bridgehead atoms. The van der Waals surface area contributed by atoms with Gasteiger partial charge in [0, 0.05) is 44.9 Å². The number of aliphatic carboxylic acids is 1. The van der Waals surface area contributed by atoms with Gasteiger partial charge in [0.05, 0.1) is 18.7 Å². The van der Waals surface area contributed by atoms with Gasteiger partial charge in [-0.05, 0) is 104 Å². The van der Waals surface area contributed by atoms with E-state index >= 15 is 0 Å². The molecule has 43 heavy (non-hydrogen) atoms. The minimum atomic E-state index is -1.05. The number of hydrogen-bond donors (Lipinski definition) is 0. The first-order chi connectivity index (χ1) is 20.4. The first-order valence-corrected chi connectivity index (χ1v) is 14.9. The minimum Gasteiger partial charge on any atom is -0.549 e. The summed E-state index contributed by atoms with van der Waals surface area (Å²) in [6.07, 6.45) is 4.75. The Labute approximate surface area is 277 Å². The van der Waals surface area contributed by atoms with Crippen molar-refractivity contribution in [3.8, 4) is 28.5 Å². The van der Waals surface area contributed by atoms with Gasteiger partial charge in [-0.2, -0.15) is 0 Å². The maximum absolute atomic E-state index is 13.2. The molecule has 0 saturated heterocycles. The topological polar surface area (TPSA) is 88.6 Å². The van der Waals surface area contributed by atoms with E-state index in [0.29, 0.717) is 52.6 Å². The molecule has 0 spiro atoms. The summed E-state index contributed by atoms with van der Waals surface area (Å²) in [5, 5.41) is 12.6. The number of Topliss-reactive ketones (excluding diaryl/α,β-unsaturated/α-hetero) is 1. The van der Waals surface area contributed by atoms with Gasteiger partial charge in [0.15, 0.2) is 5.78 Å². The summed E-state index contributed by atoms with van der Waals surface area (Å²) in [5.74, 6) is 0.987. The number of carboxylic acid groups (broad SMARTS) is 1. The molecule has 0 amide bonds. The second-order valence-electron chi connectivity index (χ2n) is 11.4. The van der Waals surface area contributed by atoms with Crippen molar-refractivity contribution in [3.05, 3.63) is 106 Å². The molecule has 2 fully saturated rings. The molecule has 4 aromatic rings. The van der Waals surface area contributed by atoms with E-state index in [9.17, 15) is 14.7 Å². The number of aromatic nitrogens is 1. The molecule has 1 aliphatic heterocycles. The molecule has 1 atom stereocenters. The zero-order valence-electron chi connectivity index (χ0n) is 24.0. The van der Waals surface area contributed by atoms with Crippen molar-refractivity contribution >= 4 is 23.4 Å². The number of ketones is 1. The standard InChI is InChI=1S/C35H30ClNO5.Na/c36-24-12-8-21(9-13-24)30-3-1-2-25(37-30)18-31(38)22-10-14-26(15-11-22)42-34-28(20-4-5-20)19-29-27(35(39)40)16-17-41-33(29)32(34)23-6-7-23;/h1-3,8-15,19-20,23,27H,4-7,16-18H2,(H,39,40);/q;+1/p-1. The third-order valence-electron chi connectivity index (χ3n) is 8.32. The van der Waals surface area contributed by atoms with Crippen LogP contribution in [0.3, 0.4) is 0 Å². The maximum Gasteiger partial charge on any atom is 1.00 e. The van der Waals surface area contributed by atoms with Crippen LogP contribution in [0.25, 0.3) is 11.3 Å². The van der Waals surface area contributed by atoms with Gasteiger partial charge < -0.3 is 19.4 Å². The molecule has 1 aromatic heterocycles. The van der Waals surface area contributed by atoms with E-state index in [1.165, 1.54) is 0 Å². The summed E-state index contributed by atoms with van der Waals surface area (Å²) >= 11 is 6.01. The number of pyridine rings is 1. The Morgan fingerprint density at radius 1 is 0.907 bits per heavy atom. The van der Waals surface area contributed by atoms with E-state index in [0.717, 1.165) is 59.4 Å². The predicted octanol–water partition coefficient (Wildman–Crippen LogP) is 3.99. The number of ether oxygens (including phenoxy) is 2. The van der Waals surface area contributed by atoms with Gasteiger partial charge >= 0.3 is 29.6 Å². The maximum atomic E-state index is 13.2. The molecule has 2 saturated carbocycles. The Bertz CT molecular complexity index is 1680. The van der Waals surface area contributed by atoms with E-state index in [-0.39, 0.29) is 41.8 Å². The Morgan fingerprint density at radius 2 is 1.63 bits per heavy atom. The number of carboxylic acids is 1. The van der Waals surface area contributed by atoms with Crippen LogP contribution in [0.5, 0.6) is 17.2 Å². The molecular formula is C35H29ClNNaO5. The number of fused-ring (bicyclic) bond motifs is 1. The number of nitrogens with zero attached hydrogens (tertiary/aromatic N) is 1. The Kier molecular flexibility index (Phi) is 8.65. The van der Waals surface area contributed by atoms with Crippen LogP contribution in [0.15, 0.2) is 72.8 Å². The third-order valence-corrected chi connectivity index (χ3v) is 8.58. The van der Waals surface area contributed by atoms with Gasteiger partial charge in [-0.3, -0.25) is 9.78 Å². The number of carbonyl (C=O) groups is 2. The average molecular weight is 602 g/mol. The summed E-state index contributed by atoms with van der Waals surface area (Å²) in [5.41, 5.74) is 5.78. The first kappa shape index (κ1) is 29.9. The molecule has 212 valence electrons.